The summed E-state index contributed by atoms with van der Waals surface area (Å²) in [4.78, 5) is 4.85. The summed E-state index contributed by atoms with van der Waals surface area (Å²) < 4.78 is 2.08. The topological polar surface area (TPSA) is 52.5 Å². The molecule has 0 saturated carbocycles. The minimum absolute atomic E-state index is 0.0613. The van der Waals surface area contributed by atoms with Gasteiger partial charge in [-0.3, -0.25) is 0 Å². The SMILES string of the molecule is CCC(C)(C)n1nnnc1[C@@H](c1cccs1)[NH+]1CC[NH+]2CCC[C@@H]2C1. The molecule has 2 aliphatic rings. The molecular weight excluding hydrogens is 332 g/mol. The van der Waals surface area contributed by atoms with Gasteiger partial charge in [0.2, 0.25) is 5.82 Å². The highest BCUT2D eigenvalue weighted by atomic mass is 32.1. The molecule has 0 aromatic carbocycles. The molecule has 4 atom stereocenters. The van der Waals surface area contributed by atoms with Crippen LogP contribution < -0.4 is 9.80 Å². The fraction of sp³-hybridized carbons (Fsp3) is 0.722. The first-order valence-electron chi connectivity index (χ1n) is 9.61. The number of hydrogen-bond acceptors (Lipinski definition) is 4. The number of aromatic nitrogens is 4. The summed E-state index contributed by atoms with van der Waals surface area (Å²) in [7, 11) is 0. The van der Waals surface area contributed by atoms with Crippen LogP contribution in [-0.2, 0) is 5.54 Å². The van der Waals surface area contributed by atoms with E-state index in [-0.39, 0.29) is 11.6 Å². The Bertz CT molecular complexity index is 694. The van der Waals surface area contributed by atoms with Gasteiger partial charge in [0.05, 0.1) is 17.0 Å². The molecular formula is C18H30N6S+2. The lowest BCUT2D eigenvalue weighted by molar-refractivity contribution is -1.03. The van der Waals surface area contributed by atoms with Crippen LogP contribution in [0.2, 0.25) is 0 Å². The molecule has 0 bridgehead atoms. The van der Waals surface area contributed by atoms with E-state index in [0.717, 1.165) is 18.3 Å². The number of nitrogens with zero attached hydrogens (tertiary/aromatic N) is 4. The van der Waals surface area contributed by atoms with Gasteiger partial charge in [-0.15, -0.1) is 16.4 Å². The zero-order valence-electron chi connectivity index (χ0n) is 15.5. The quantitative estimate of drug-likeness (QED) is 0.782. The van der Waals surface area contributed by atoms with Gasteiger partial charge in [0, 0.05) is 12.8 Å². The van der Waals surface area contributed by atoms with Crippen LogP contribution in [0.4, 0.5) is 0 Å². The van der Waals surface area contributed by atoms with Crippen LogP contribution in [0.25, 0.3) is 0 Å². The molecule has 2 saturated heterocycles. The number of tetrazole rings is 1. The first-order chi connectivity index (χ1) is 12.1. The maximum Gasteiger partial charge on any atom is 0.215 e. The molecule has 2 unspecified atom stereocenters. The van der Waals surface area contributed by atoms with E-state index in [1.165, 1.54) is 43.9 Å². The Morgan fingerprint density at radius 3 is 3.00 bits per heavy atom. The standard InChI is InChI=1S/C18H28N6S/c1-4-18(2,3)24-17(19-20-21-24)16(15-8-6-12-25-15)23-11-10-22-9-5-7-14(22)13-23/h6,8,12,14,16H,4-5,7,9-11,13H2,1-3H3/p+2/t14-,16-/m1/s1. The summed E-state index contributed by atoms with van der Waals surface area (Å²) in [6.07, 6.45) is 3.77. The number of nitrogens with one attached hydrogen (secondary N) is 2. The van der Waals surface area contributed by atoms with Crippen LogP contribution in [0.5, 0.6) is 0 Å². The number of hydrogen-bond donors (Lipinski definition) is 2. The Morgan fingerprint density at radius 2 is 2.24 bits per heavy atom. The lowest BCUT2D eigenvalue weighted by atomic mass is 10.0. The van der Waals surface area contributed by atoms with Gasteiger partial charge in [-0.2, -0.15) is 0 Å². The molecule has 0 radical (unpaired) electrons. The predicted octanol–water partition coefficient (Wildman–Crippen LogP) is -0.0851. The molecule has 2 N–H and O–H groups in total. The molecule has 0 spiro atoms. The van der Waals surface area contributed by atoms with E-state index in [0.29, 0.717) is 0 Å². The molecule has 2 aromatic rings. The number of rotatable bonds is 5. The Hall–Kier alpha value is -1.31. The van der Waals surface area contributed by atoms with Crippen LogP contribution in [0, 0.1) is 0 Å². The predicted molar refractivity (Wildman–Crippen MR) is 98.0 cm³/mol. The monoisotopic (exact) mass is 362 g/mol. The van der Waals surface area contributed by atoms with Crippen molar-refractivity contribution in [1.82, 2.24) is 20.2 Å². The largest absolute Gasteiger partial charge is 0.323 e. The molecule has 2 aromatic heterocycles. The second-order valence-corrected chi connectivity index (χ2v) is 9.15. The van der Waals surface area contributed by atoms with Gasteiger partial charge >= 0.3 is 0 Å². The van der Waals surface area contributed by atoms with Crippen molar-refractivity contribution in [2.45, 2.75) is 57.7 Å². The minimum atomic E-state index is -0.0613. The molecule has 7 heteroatoms. The van der Waals surface area contributed by atoms with Crippen molar-refractivity contribution in [2.75, 3.05) is 26.2 Å². The molecule has 6 nitrogen and oxygen atoms in total. The smallest absolute Gasteiger partial charge is 0.215 e. The number of fused-ring (bicyclic) bond motifs is 1. The van der Waals surface area contributed by atoms with E-state index in [2.05, 4.69) is 58.5 Å². The minimum Gasteiger partial charge on any atom is -0.323 e. The fourth-order valence-corrected chi connectivity index (χ4v) is 5.36. The third-order valence-corrected chi connectivity index (χ3v) is 7.27. The van der Waals surface area contributed by atoms with E-state index in [9.17, 15) is 0 Å². The molecule has 136 valence electrons. The van der Waals surface area contributed by atoms with Crippen LogP contribution in [0.3, 0.4) is 0 Å². The molecule has 0 amide bonds. The Kier molecular flexibility index (Phi) is 4.64. The third kappa shape index (κ3) is 3.13. The van der Waals surface area contributed by atoms with Crippen LogP contribution >= 0.6 is 11.3 Å². The summed E-state index contributed by atoms with van der Waals surface area (Å²) in [5.41, 5.74) is -0.0613. The maximum absolute atomic E-state index is 4.53. The second-order valence-electron chi connectivity index (χ2n) is 8.17. The van der Waals surface area contributed by atoms with Crippen molar-refractivity contribution in [3.05, 3.63) is 28.2 Å². The summed E-state index contributed by atoms with van der Waals surface area (Å²) in [5.74, 6) is 1.03. The average molecular weight is 363 g/mol. The van der Waals surface area contributed by atoms with Gasteiger partial charge in [-0.05, 0) is 42.1 Å². The van der Waals surface area contributed by atoms with Crippen molar-refractivity contribution in [3.63, 3.8) is 0 Å². The van der Waals surface area contributed by atoms with Crippen molar-refractivity contribution in [2.24, 2.45) is 0 Å². The van der Waals surface area contributed by atoms with E-state index >= 15 is 0 Å². The van der Waals surface area contributed by atoms with Crippen LogP contribution in [-0.4, -0.2) is 52.4 Å². The molecule has 4 heterocycles. The van der Waals surface area contributed by atoms with Crippen LogP contribution in [0.15, 0.2) is 17.5 Å². The zero-order valence-corrected chi connectivity index (χ0v) is 16.4. The van der Waals surface area contributed by atoms with Gasteiger partial charge in [-0.1, -0.05) is 13.0 Å². The normalized spacial score (nSPS) is 28.0. The highest BCUT2D eigenvalue weighted by Crippen LogP contribution is 2.27. The van der Waals surface area contributed by atoms with Gasteiger partial charge in [0.1, 0.15) is 25.7 Å². The summed E-state index contributed by atoms with van der Waals surface area (Å²) in [6.45, 7) is 11.7. The first-order valence-corrected chi connectivity index (χ1v) is 10.5. The molecule has 25 heavy (non-hydrogen) atoms. The van der Waals surface area contributed by atoms with E-state index in [1.807, 2.05) is 16.2 Å². The van der Waals surface area contributed by atoms with Crippen molar-refractivity contribution >= 4 is 11.3 Å². The van der Waals surface area contributed by atoms with E-state index in [1.54, 1.807) is 4.90 Å². The van der Waals surface area contributed by atoms with Crippen molar-refractivity contribution in [1.29, 1.82) is 0 Å². The lowest BCUT2D eigenvalue weighted by Crippen LogP contribution is -3.29. The highest BCUT2D eigenvalue weighted by molar-refractivity contribution is 7.10. The number of thiophene rings is 1. The summed E-state index contributed by atoms with van der Waals surface area (Å²) in [5, 5.41) is 15.2. The van der Waals surface area contributed by atoms with Crippen molar-refractivity contribution in [3.8, 4) is 0 Å². The Morgan fingerprint density at radius 1 is 1.36 bits per heavy atom. The van der Waals surface area contributed by atoms with E-state index in [4.69, 9.17) is 0 Å². The van der Waals surface area contributed by atoms with Gasteiger partial charge < -0.3 is 9.80 Å². The Labute approximate surface area is 153 Å². The summed E-state index contributed by atoms with van der Waals surface area (Å²) in [6, 6.07) is 5.48. The average Bonchev–Trinajstić information content (AvgIpc) is 3.36. The number of quaternary nitrogens is 2. The van der Waals surface area contributed by atoms with Gasteiger partial charge in [-0.25, -0.2) is 4.68 Å². The van der Waals surface area contributed by atoms with Gasteiger partial charge in [0.15, 0.2) is 6.04 Å². The molecule has 4 rings (SSSR count). The first kappa shape index (κ1) is 17.1. The third-order valence-electron chi connectivity index (χ3n) is 6.33. The highest BCUT2D eigenvalue weighted by Gasteiger charge is 2.43. The summed E-state index contributed by atoms with van der Waals surface area (Å²) >= 11 is 1.84. The van der Waals surface area contributed by atoms with Gasteiger partial charge in [0.25, 0.3) is 0 Å². The van der Waals surface area contributed by atoms with Crippen LogP contribution in [0.1, 0.15) is 56.8 Å². The molecule has 2 aliphatic heterocycles. The molecule has 0 aliphatic carbocycles. The van der Waals surface area contributed by atoms with Crippen molar-refractivity contribution < 1.29 is 9.80 Å². The fourth-order valence-electron chi connectivity index (χ4n) is 4.48. The molecule has 2 fully saturated rings. The second kappa shape index (κ2) is 6.78. The zero-order chi connectivity index (χ0) is 17.4. The lowest BCUT2D eigenvalue weighted by Gasteiger charge is -2.36. The Balaban J connectivity index is 1.70. The maximum atomic E-state index is 4.53. The van der Waals surface area contributed by atoms with E-state index < -0.39 is 0 Å². The number of piperazine rings is 1.